The van der Waals surface area contributed by atoms with Crippen LogP contribution < -0.4 is 5.73 Å². The molecular weight excluding hydrogens is 138 g/mol. The summed E-state index contributed by atoms with van der Waals surface area (Å²) in [5.74, 6) is 0.428. The molecule has 0 aliphatic heterocycles. The number of rotatable bonds is 2. The minimum absolute atomic E-state index is 0.428. The molecule has 0 amide bonds. The molecule has 0 unspecified atom stereocenters. The molecule has 1 heterocycles. The van der Waals surface area contributed by atoms with Crippen molar-refractivity contribution in [2.24, 2.45) is 0 Å². The summed E-state index contributed by atoms with van der Waals surface area (Å²) in [6.07, 6.45) is 3.89. The van der Waals surface area contributed by atoms with Crippen molar-refractivity contribution in [3.8, 4) is 0 Å². The van der Waals surface area contributed by atoms with Gasteiger partial charge in [0.25, 0.3) is 0 Å². The van der Waals surface area contributed by atoms with Gasteiger partial charge in [0, 0.05) is 18.0 Å². The molecule has 0 aliphatic carbocycles. The smallest absolute Gasteiger partial charge is 0.132 e. The summed E-state index contributed by atoms with van der Waals surface area (Å²) in [4.78, 5) is 3.95. The molecule has 0 aromatic carbocycles. The molecule has 0 bridgehead atoms. The van der Waals surface area contributed by atoms with Crippen LogP contribution in [0.5, 0.6) is 0 Å². The molecule has 0 spiro atoms. The van der Waals surface area contributed by atoms with Gasteiger partial charge in [-0.2, -0.15) is 0 Å². The van der Waals surface area contributed by atoms with Crippen LogP contribution in [0.2, 0.25) is 0 Å². The topological polar surface area (TPSA) is 62.8 Å². The summed E-state index contributed by atoms with van der Waals surface area (Å²) in [5.41, 5.74) is 7.30. The van der Waals surface area contributed by atoms with E-state index in [1.54, 1.807) is 6.20 Å². The summed E-state index contributed by atoms with van der Waals surface area (Å²) >= 11 is 0. The van der Waals surface area contributed by atoms with Crippen molar-refractivity contribution in [2.45, 2.75) is 13.3 Å². The highest BCUT2D eigenvalue weighted by molar-refractivity contribution is 5.83. The van der Waals surface area contributed by atoms with Crippen molar-refractivity contribution < 1.29 is 0 Å². The summed E-state index contributed by atoms with van der Waals surface area (Å²) in [5, 5.41) is 7.01. The highest BCUT2D eigenvalue weighted by Gasteiger charge is 1.97. The third-order valence-electron chi connectivity index (χ3n) is 1.57. The number of hydrogen-bond acceptors (Lipinski definition) is 3. The van der Waals surface area contributed by atoms with Crippen LogP contribution in [0.4, 0.5) is 5.82 Å². The van der Waals surface area contributed by atoms with E-state index in [0.29, 0.717) is 11.4 Å². The minimum Gasteiger partial charge on any atom is -0.383 e. The van der Waals surface area contributed by atoms with Crippen molar-refractivity contribution in [1.29, 1.82) is 5.41 Å². The van der Waals surface area contributed by atoms with Gasteiger partial charge in [-0.25, -0.2) is 4.98 Å². The molecule has 1 aromatic rings. The van der Waals surface area contributed by atoms with E-state index in [1.807, 2.05) is 13.0 Å². The zero-order valence-electron chi connectivity index (χ0n) is 6.46. The summed E-state index contributed by atoms with van der Waals surface area (Å²) in [6.45, 7) is 2.04. The Balaban J connectivity index is 3.12. The fourth-order valence-corrected chi connectivity index (χ4v) is 0.847. The number of anilines is 1. The summed E-state index contributed by atoms with van der Waals surface area (Å²) in [6, 6.07) is 1.88. The van der Waals surface area contributed by atoms with Crippen molar-refractivity contribution in [2.75, 3.05) is 5.73 Å². The van der Waals surface area contributed by atoms with Crippen LogP contribution in [-0.2, 0) is 6.42 Å². The molecule has 0 aliphatic rings. The molecule has 1 aromatic heterocycles. The Hall–Kier alpha value is -1.38. The van der Waals surface area contributed by atoms with Crippen LogP contribution in [0.1, 0.15) is 18.1 Å². The monoisotopic (exact) mass is 149 g/mol. The number of hydrogen-bond donors (Lipinski definition) is 2. The predicted octanol–water partition coefficient (Wildman–Crippen LogP) is 1.22. The third-order valence-corrected chi connectivity index (χ3v) is 1.57. The van der Waals surface area contributed by atoms with Crippen LogP contribution >= 0.6 is 0 Å². The molecule has 3 N–H and O–H groups in total. The van der Waals surface area contributed by atoms with E-state index < -0.39 is 0 Å². The number of aryl methyl sites for hydroxylation is 1. The molecule has 0 fully saturated rings. The van der Waals surface area contributed by atoms with Crippen LogP contribution in [0.25, 0.3) is 0 Å². The second-order valence-electron chi connectivity index (χ2n) is 2.32. The van der Waals surface area contributed by atoms with Gasteiger partial charge in [0.1, 0.15) is 5.82 Å². The second-order valence-corrected chi connectivity index (χ2v) is 2.32. The largest absolute Gasteiger partial charge is 0.383 e. The molecule has 1 rings (SSSR count). The molecule has 0 atom stereocenters. The van der Waals surface area contributed by atoms with Gasteiger partial charge in [-0.1, -0.05) is 6.92 Å². The normalized spacial score (nSPS) is 9.55. The molecule has 58 valence electrons. The Kier molecular flexibility index (Phi) is 2.21. The highest BCUT2D eigenvalue weighted by atomic mass is 14.8. The maximum absolute atomic E-state index is 7.01. The van der Waals surface area contributed by atoms with Crippen molar-refractivity contribution in [1.82, 2.24) is 4.98 Å². The molecule has 3 nitrogen and oxygen atoms in total. The maximum atomic E-state index is 7.01. The Bertz CT molecular complexity index is 268. The predicted molar refractivity (Wildman–Crippen MR) is 45.9 cm³/mol. The summed E-state index contributed by atoms with van der Waals surface area (Å²) in [7, 11) is 0. The molecule has 0 saturated heterocycles. The van der Waals surface area contributed by atoms with E-state index in [0.717, 1.165) is 12.0 Å². The van der Waals surface area contributed by atoms with Gasteiger partial charge >= 0.3 is 0 Å². The molecule has 3 heteroatoms. The standard InChI is InChI=1S/C8H11N3/c1-2-6-3-7(4-9)8(10)11-5-6/h3-5,9H,2H2,1H3,(H2,10,11). The van der Waals surface area contributed by atoms with Gasteiger partial charge in [0.15, 0.2) is 0 Å². The SMILES string of the molecule is CCc1cnc(N)c(C=N)c1. The average Bonchev–Trinajstić information content (AvgIpc) is 2.05. The van der Waals surface area contributed by atoms with Crippen LogP contribution in [-0.4, -0.2) is 11.2 Å². The fraction of sp³-hybridized carbons (Fsp3) is 0.250. The van der Waals surface area contributed by atoms with Crippen molar-refractivity contribution in [3.63, 3.8) is 0 Å². The lowest BCUT2D eigenvalue weighted by molar-refractivity contribution is 1.10. The van der Waals surface area contributed by atoms with Gasteiger partial charge in [0.2, 0.25) is 0 Å². The first kappa shape index (κ1) is 7.72. The van der Waals surface area contributed by atoms with E-state index in [-0.39, 0.29) is 0 Å². The lowest BCUT2D eigenvalue weighted by Crippen LogP contribution is -1.97. The average molecular weight is 149 g/mol. The number of nitrogens with one attached hydrogen (secondary N) is 1. The van der Waals surface area contributed by atoms with Gasteiger partial charge in [0.05, 0.1) is 0 Å². The third kappa shape index (κ3) is 1.55. The fourth-order valence-electron chi connectivity index (χ4n) is 0.847. The minimum atomic E-state index is 0.428. The first-order chi connectivity index (χ1) is 5.27. The Labute approximate surface area is 65.8 Å². The number of nitrogens with zero attached hydrogens (tertiary/aromatic N) is 1. The first-order valence-corrected chi connectivity index (χ1v) is 3.52. The molecule has 0 saturated carbocycles. The van der Waals surface area contributed by atoms with E-state index in [4.69, 9.17) is 11.1 Å². The van der Waals surface area contributed by atoms with Gasteiger partial charge in [-0.05, 0) is 18.1 Å². The highest BCUT2D eigenvalue weighted by Crippen LogP contribution is 2.08. The Morgan fingerprint density at radius 2 is 2.45 bits per heavy atom. The Morgan fingerprint density at radius 1 is 1.73 bits per heavy atom. The van der Waals surface area contributed by atoms with Crippen LogP contribution in [0.3, 0.4) is 0 Å². The van der Waals surface area contributed by atoms with E-state index in [2.05, 4.69) is 4.98 Å². The van der Waals surface area contributed by atoms with Crippen LogP contribution in [0.15, 0.2) is 12.3 Å². The maximum Gasteiger partial charge on any atom is 0.132 e. The van der Waals surface area contributed by atoms with E-state index in [1.165, 1.54) is 6.21 Å². The molecule has 0 radical (unpaired) electrons. The van der Waals surface area contributed by atoms with Crippen molar-refractivity contribution >= 4 is 12.0 Å². The zero-order valence-corrected chi connectivity index (χ0v) is 6.46. The van der Waals surface area contributed by atoms with E-state index >= 15 is 0 Å². The number of pyridine rings is 1. The van der Waals surface area contributed by atoms with Gasteiger partial charge in [-0.15, -0.1) is 0 Å². The Morgan fingerprint density at radius 3 is 3.00 bits per heavy atom. The van der Waals surface area contributed by atoms with Gasteiger partial charge in [-0.3, -0.25) is 0 Å². The number of aromatic nitrogens is 1. The second kappa shape index (κ2) is 3.14. The van der Waals surface area contributed by atoms with Gasteiger partial charge < -0.3 is 11.1 Å². The van der Waals surface area contributed by atoms with E-state index in [9.17, 15) is 0 Å². The quantitative estimate of drug-likeness (QED) is 0.621. The summed E-state index contributed by atoms with van der Waals surface area (Å²) < 4.78 is 0. The number of nitrogens with two attached hydrogens (primary N) is 1. The molecular formula is C8H11N3. The number of nitrogen functional groups attached to an aromatic ring is 1. The van der Waals surface area contributed by atoms with Crippen LogP contribution in [0, 0.1) is 5.41 Å². The van der Waals surface area contributed by atoms with Crippen molar-refractivity contribution in [3.05, 3.63) is 23.4 Å². The zero-order chi connectivity index (χ0) is 8.27. The first-order valence-electron chi connectivity index (χ1n) is 3.52. The lowest BCUT2D eigenvalue weighted by atomic mass is 10.1. The lowest BCUT2D eigenvalue weighted by Gasteiger charge is -2.00. The molecule has 11 heavy (non-hydrogen) atoms.